The Labute approximate surface area is 107 Å². The standard InChI is InChI=1S/C10H15N3O6/c14-4-10(5-15,6-16)11-8(18)3-13-9(19)2-1-7(17)12-13/h1-2,14-16H,3-6H2,(H,11,18)(H,12,17). The Morgan fingerprint density at radius 3 is 2.32 bits per heavy atom. The van der Waals surface area contributed by atoms with Crippen LogP contribution < -0.4 is 16.4 Å². The van der Waals surface area contributed by atoms with Crippen LogP contribution in [0.5, 0.6) is 0 Å². The predicted octanol–water partition coefficient (Wildman–Crippen LogP) is -3.63. The summed E-state index contributed by atoms with van der Waals surface area (Å²) in [6.45, 7) is -2.53. The third kappa shape index (κ3) is 3.74. The number of nitrogens with zero attached hydrogens (tertiary/aromatic N) is 1. The van der Waals surface area contributed by atoms with E-state index in [4.69, 9.17) is 15.3 Å². The molecule has 0 bridgehead atoms. The zero-order valence-electron chi connectivity index (χ0n) is 10.00. The van der Waals surface area contributed by atoms with Crippen LogP contribution in [0.15, 0.2) is 21.7 Å². The van der Waals surface area contributed by atoms with Gasteiger partial charge in [0.15, 0.2) is 0 Å². The average molecular weight is 273 g/mol. The second kappa shape index (κ2) is 6.27. The van der Waals surface area contributed by atoms with Gasteiger partial charge in [-0.3, -0.25) is 19.5 Å². The number of aromatic nitrogens is 2. The molecule has 0 saturated carbocycles. The van der Waals surface area contributed by atoms with E-state index in [9.17, 15) is 14.4 Å². The molecule has 1 aromatic rings. The first-order valence-corrected chi connectivity index (χ1v) is 5.40. The van der Waals surface area contributed by atoms with Gasteiger partial charge < -0.3 is 20.6 Å². The van der Waals surface area contributed by atoms with Gasteiger partial charge in [0.1, 0.15) is 12.1 Å². The van der Waals surface area contributed by atoms with Crippen molar-refractivity contribution < 1.29 is 20.1 Å². The fourth-order valence-electron chi connectivity index (χ4n) is 1.33. The molecule has 0 atom stereocenters. The summed E-state index contributed by atoms with van der Waals surface area (Å²) in [5, 5.41) is 31.4. The molecule has 0 unspecified atom stereocenters. The van der Waals surface area contributed by atoms with Crippen LogP contribution in [0, 0.1) is 0 Å². The summed E-state index contributed by atoms with van der Waals surface area (Å²) in [6, 6.07) is 2.03. The van der Waals surface area contributed by atoms with Crippen molar-refractivity contribution >= 4 is 5.91 Å². The Kier molecular flexibility index (Phi) is 4.98. The molecule has 9 nitrogen and oxygen atoms in total. The molecule has 106 valence electrons. The normalized spacial score (nSPS) is 11.3. The zero-order valence-corrected chi connectivity index (χ0v) is 10.00. The molecule has 9 heteroatoms. The maximum Gasteiger partial charge on any atom is 0.265 e. The van der Waals surface area contributed by atoms with E-state index < -0.39 is 48.9 Å². The fourth-order valence-corrected chi connectivity index (χ4v) is 1.33. The van der Waals surface area contributed by atoms with Crippen molar-refractivity contribution in [2.75, 3.05) is 19.8 Å². The number of carbonyl (C=O) groups excluding carboxylic acids is 1. The van der Waals surface area contributed by atoms with Gasteiger partial charge in [0.05, 0.1) is 19.8 Å². The highest BCUT2D eigenvalue weighted by Crippen LogP contribution is 2.01. The lowest BCUT2D eigenvalue weighted by Gasteiger charge is -2.28. The minimum absolute atomic E-state index is 0.503. The van der Waals surface area contributed by atoms with Crippen molar-refractivity contribution in [1.29, 1.82) is 0 Å². The lowest BCUT2D eigenvalue weighted by Crippen LogP contribution is -2.58. The van der Waals surface area contributed by atoms with E-state index in [2.05, 4.69) is 10.4 Å². The van der Waals surface area contributed by atoms with Gasteiger partial charge in [0.25, 0.3) is 11.1 Å². The van der Waals surface area contributed by atoms with Gasteiger partial charge in [-0.25, -0.2) is 4.68 Å². The molecule has 0 radical (unpaired) electrons. The van der Waals surface area contributed by atoms with Crippen LogP contribution in [-0.4, -0.2) is 56.4 Å². The Bertz CT molecular complexity index is 536. The smallest absolute Gasteiger partial charge is 0.265 e. The second-order valence-corrected chi connectivity index (χ2v) is 4.04. The molecule has 19 heavy (non-hydrogen) atoms. The van der Waals surface area contributed by atoms with Crippen LogP contribution in [0.2, 0.25) is 0 Å². The topological polar surface area (TPSA) is 145 Å². The minimum atomic E-state index is -1.57. The van der Waals surface area contributed by atoms with Crippen molar-refractivity contribution in [2.24, 2.45) is 0 Å². The Morgan fingerprint density at radius 2 is 1.79 bits per heavy atom. The van der Waals surface area contributed by atoms with Crippen molar-refractivity contribution in [3.8, 4) is 0 Å². The predicted molar refractivity (Wildman–Crippen MR) is 63.5 cm³/mol. The van der Waals surface area contributed by atoms with Crippen LogP contribution in [0.1, 0.15) is 0 Å². The van der Waals surface area contributed by atoms with E-state index in [-0.39, 0.29) is 0 Å². The molecule has 0 fully saturated rings. The van der Waals surface area contributed by atoms with Gasteiger partial charge in [-0.15, -0.1) is 0 Å². The summed E-state index contributed by atoms with van der Waals surface area (Å²) in [7, 11) is 0. The van der Waals surface area contributed by atoms with Gasteiger partial charge in [0.2, 0.25) is 5.91 Å². The molecule has 0 aliphatic rings. The maximum absolute atomic E-state index is 11.6. The van der Waals surface area contributed by atoms with E-state index in [0.29, 0.717) is 0 Å². The minimum Gasteiger partial charge on any atom is -0.394 e. The molecule has 1 rings (SSSR count). The summed E-state index contributed by atoms with van der Waals surface area (Å²) >= 11 is 0. The summed E-state index contributed by atoms with van der Waals surface area (Å²) in [5.41, 5.74) is -2.71. The number of nitrogens with one attached hydrogen (secondary N) is 2. The van der Waals surface area contributed by atoms with Gasteiger partial charge in [-0.2, -0.15) is 0 Å². The molecule has 0 aromatic carbocycles. The number of H-pyrrole nitrogens is 1. The highest BCUT2D eigenvalue weighted by Gasteiger charge is 2.29. The number of hydrogen-bond acceptors (Lipinski definition) is 6. The second-order valence-electron chi connectivity index (χ2n) is 4.04. The van der Waals surface area contributed by atoms with E-state index in [1.807, 2.05) is 0 Å². The molecule has 0 aliphatic carbocycles. The number of hydrogen-bond donors (Lipinski definition) is 5. The summed E-state index contributed by atoms with van der Waals surface area (Å²) < 4.78 is 0.772. The Morgan fingerprint density at radius 1 is 1.21 bits per heavy atom. The number of aromatic amines is 1. The first-order valence-electron chi connectivity index (χ1n) is 5.40. The van der Waals surface area contributed by atoms with Crippen LogP contribution in [-0.2, 0) is 11.3 Å². The number of amides is 1. The lowest BCUT2D eigenvalue weighted by atomic mass is 10.0. The highest BCUT2D eigenvalue weighted by molar-refractivity contribution is 5.76. The van der Waals surface area contributed by atoms with Crippen molar-refractivity contribution in [1.82, 2.24) is 15.1 Å². The van der Waals surface area contributed by atoms with E-state index in [0.717, 1.165) is 16.8 Å². The van der Waals surface area contributed by atoms with Crippen molar-refractivity contribution in [2.45, 2.75) is 12.1 Å². The van der Waals surface area contributed by atoms with E-state index in [1.165, 1.54) is 0 Å². The zero-order chi connectivity index (χ0) is 14.5. The largest absolute Gasteiger partial charge is 0.394 e. The van der Waals surface area contributed by atoms with Crippen LogP contribution in [0.4, 0.5) is 0 Å². The summed E-state index contributed by atoms with van der Waals surface area (Å²) in [6.07, 6.45) is 0. The van der Waals surface area contributed by atoms with Gasteiger partial charge in [0, 0.05) is 12.1 Å². The summed E-state index contributed by atoms with van der Waals surface area (Å²) in [5.74, 6) is -0.749. The first-order chi connectivity index (χ1) is 8.96. The van der Waals surface area contributed by atoms with Crippen molar-refractivity contribution in [3.63, 3.8) is 0 Å². The van der Waals surface area contributed by atoms with E-state index in [1.54, 1.807) is 0 Å². The number of aliphatic hydroxyl groups excluding tert-OH is 3. The molecule has 0 saturated heterocycles. The highest BCUT2D eigenvalue weighted by atomic mass is 16.3. The molecule has 1 amide bonds. The SMILES string of the molecule is O=C(Cn1[nH]c(=O)ccc1=O)NC(CO)(CO)CO. The molecule has 1 aromatic heterocycles. The molecule has 0 aliphatic heterocycles. The first kappa shape index (κ1) is 15.1. The molecule has 0 spiro atoms. The van der Waals surface area contributed by atoms with Gasteiger partial charge >= 0.3 is 0 Å². The van der Waals surface area contributed by atoms with Crippen molar-refractivity contribution in [3.05, 3.63) is 32.8 Å². The van der Waals surface area contributed by atoms with E-state index >= 15 is 0 Å². The van der Waals surface area contributed by atoms with Crippen LogP contribution in [0.3, 0.4) is 0 Å². The molecule has 1 heterocycles. The Hall–Kier alpha value is -1.97. The number of carbonyl (C=O) groups is 1. The number of aliphatic hydroxyl groups is 3. The number of rotatable bonds is 6. The van der Waals surface area contributed by atoms with Crippen LogP contribution >= 0.6 is 0 Å². The Balaban J connectivity index is 2.83. The maximum atomic E-state index is 11.6. The third-order valence-corrected chi connectivity index (χ3v) is 2.50. The van der Waals surface area contributed by atoms with Gasteiger partial charge in [-0.05, 0) is 0 Å². The molecular weight excluding hydrogens is 258 g/mol. The average Bonchev–Trinajstić information content (AvgIpc) is 2.40. The van der Waals surface area contributed by atoms with Crippen LogP contribution in [0.25, 0.3) is 0 Å². The molecular formula is C10H15N3O6. The quantitative estimate of drug-likeness (QED) is 0.361. The third-order valence-electron chi connectivity index (χ3n) is 2.50. The lowest BCUT2D eigenvalue weighted by molar-refractivity contribution is -0.126. The fraction of sp³-hybridized carbons (Fsp3) is 0.500. The van der Waals surface area contributed by atoms with Gasteiger partial charge in [-0.1, -0.05) is 0 Å². The monoisotopic (exact) mass is 273 g/mol. The summed E-state index contributed by atoms with van der Waals surface area (Å²) in [4.78, 5) is 34.0. The molecule has 5 N–H and O–H groups in total.